The van der Waals surface area contributed by atoms with Gasteiger partial charge in [-0.3, -0.25) is 4.79 Å². The van der Waals surface area contributed by atoms with Crippen molar-refractivity contribution >= 4 is 17.7 Å². The van der Waals surface area contributed by atoms with Gasteiger partial charge in [0, 0.05) is 6.04 Å². The molecule has 0 aliphatic carbocycles. The first kappa shape index (κ1) is 11.9. The Hall–Kier alpha value is -0.220. The molecule has 1 aliphatic heterocycles. The fourth-order valence-corrected chi connectivity index (χ4v) is 1.86. The number of nitrogens with one attached hydrogen (secondary N) is 1. The molecule has 1 heterocycles. The lowest BCUT2D eigenvalue weighted by Gasteiger charge is -2.30. The van der Waals surface area contributed by atoms with Crippen LogP contribution in [0.2, 0.25) is 0 Å². The number of nitrogens with zero attached hydrogens (tertiary/aromatic N) is 1. The summed E-state index contributed by atoms with van der Waals surface area (Å²) in [4.78, 5) is 13.9. The lowest BCUT2D eigenvalue weighted by atomic mass is 10.1. The summed E-state index contributed by atoms with van der Waals surface area (Å²) in [6.07, 6.45) is 4.14. The summed E-state index contributed by atoms with van der Waals surface area (Å²) in [5.74, 6) is 0.187. The number of amides is 1. The van der Waals surface area contributed by atoms with Crippen LogP contribution in [-0.4, -0.2) is 48.5 Å². The van der Waals surface area contributed by atoms with Crippen molar-refractivity contribution in [3.63, 3.8) is 0 Å². The average Bonchev–Trinajstić information content (AvgIpc) is 2.20. The van der Waals surface area contributed by atoms with E-state index in [9.17, 15) is 4.79 Å². The van der Waals surface area contributed by atoms with Gasteiger partial charge in [0.15, 0.2) is 0 Å². The summed E-state index contributed by atoms with van der Waals surface area (Å²) in [5.41, 5.74) is 0. The molecule has 1 amide bonds. The molecule has 0 spiro atoms. The van der Waals surface area contributed by atoms with Crippen molar-refractivity contribution in [1.29, 1.82) is 0 Å². The van der Waals surface area contributed by atoms with Crippen molar-refractivity contribution in [2.75, 3.05) is 26.4 Å². The maximum Gasteiger partial charge on any atom is 0.233 e. The number of rotatable bonds is 3. The monoisotopic (exact) mass is 216 g/mol. The molecule has 4 heteroatoms. The number of piperidine rings is 1. The molecule has 0 aromatic rings. The van der Waals surface area contributed by atoms with Crippen molar-refractivity contribution in [2.45, 2.75) is 31.1 Å². The van der Waals surface area contributed by atoms with Crippen LogP contribution in [0.5, 0.6) is 0 Å². The van der Waals surface area contributed by atoms with Crippen molar-refractivity contribution in [3.8, 4) is 0 Å². The number of carbonyl (C=O) groups excluding carboxylic acids is 1. The van der Waals surface area contributed by atoms with E-state index in [0.29, 0.717) is 6.04 Å². The Labute approximate surface area is 90.6 Å². The minimum atomic E-state index is 0.0784. The maximum atomic E-state index is 11.6. The minimum absolute atomic E-state index is 0.0784. The van der Waals surface area contributed by atoms with Crippen LogP contribution in [0.15, 0.2) is 0 Å². The zero-order valence-electron chi connectivity index (χ0n) is 9.25. The second-order valence-electron chi connectivity index (χ2n) is 3.96. The first-order valence-electron chi connectivity index (χ1n) is 5.15. The van der Waals surface area contributed by atoms with Gasteiger partial charge in [0.1, 0.15) is 0 Å². The summed E-state index contributed by atoms with van der Waals surface area (Å²) in [7, 11) is 2.13. The molecule has 1 aliphatic rings. The molecule has 82 valence electrons. The third-order valence-corrected chi connectivity index (χ3v) is 3.71. The highest BCUT2D eigenvalue weighted by atomic mass is 32.2. The van der Waals surface area contributed by atoms with E-state index < -0.39 is 0 Å². The van der Waals surface area contributed by atoms with Crippen molar-refractivity contribution in [1.82, 2.24) is 10.2 Å². The molecule has 0 saturated carbocycles. The Balaban J connectivity index is 2.27. The molecular formula is C10H20N2OS. The summed E-state index contributed by atoms with van der Waals surface area (Å²) in [6.45, 7) is 4.14. The standard InChI is InChI=1S/C10H20N2OS/c1-8(14-3)10(13)11-9-4-6-12(2)7-5-9/h8-9H,4-7H2,1-3H3,(H,11,13)/t8-/m0/s1. The van der Waals surface area contributed by atoms with E-state index in [0.717, 1.165) is 25.9 Å². The van der Waals surface area contributed by atoms with Crippen molar-refractivity contribution in [3.05, 3.63) is 0 Å². The molecule has 0 aromatic carbocycles. The maximum absolute atomic E-state index is 11.6. The molecule has 1 fully saturated rings. The van der Waals surface area contributed by atoms with Crippen LogP contribution >= 0.6 is 11.8 Å². The fourth-order valence-electron chi connectivity index (χ4n) is 1.58. The first-order chi connectivity index (χ1) is 6.63. The molecule has 3 nitrogen and oxygen atoms in total. The van der Waals surface area contributed by atoms with Gasteiger partial charge in [0.2, 0.25) is 5.91 Å². The third-order valence-electron chi connectivity index (χ3n) is 2.79. The van der Waals surface area contributed by atoms with Crippen LogP contribution in [0.4, 0.5) is 0 Å². The van der Waals surface area contributed by atoms with Gasteiger partial charge in [-0.1, -0.05) is 0 Å². The largest absolute Gasteiger partial charge is 0.352 e. The topological polar surface area (TPSA) is 32.3 Å². The van der Waals surface area contributed by atoms with E-state index in [4.69, 9.17) is 0 Å². The molecule has 1 N–H and O–H groups in total. The highest BCUT2D eigenvalue weighted by Crippen LogP contribution is 2.10. The Morgan fingerprint density at radius 1 is 1.50 bits per heavy atom. The van der Waals surface area contributed by atoms with Gasteiger partial charge >= 0.3 is 0 Å². The van der Waals surface area contributed by atoms with E-state index in [2.05, 4.69) is 17.3 Å². The molecule has 1 rings (SSSR count). The number of hydrogen-bond donors (Lipinski definition) is 1. The second kappa shape index (κ2) is 5.61. The van der Waals surface area contributed by atoms with Gasteiger partial charge in [0.05, 0.1) is 5.25 Å². The summed E-state index contributed by atoms with van der Waals surface area (Å²) < 4.78 is 0. The highest BCUT2D eigenvalue weighted by molar-refractivity contribution is 7.99. The Morgan fingerprint density at radius 3 is 2.57 bits per heavy atom. The summed E-state index contributed by atoms with van der Waals surface area (Å²) in [6, 6.07) is 0.397. The Bertz CT molecular complexity index is 191. The van der Waals surface area contributed by atoms with Gasteiger partial charge in [-0.25, -0.2) is 0 Å². The van der Waals surface area contributed by atoms with Gasteiger partial charge in [-0.2, -0.15) is 11.8 Å². The smallest absolute Gasteiger partial charge is 0.233 e. The quantitative estimate of drug-likeness (QED) is 0.762. The first-order valence-corrected chi connectivity index (χ1v) is 6.44. The minimum Gasteiger partial charge on any atom is -0.352 e. The Morgan fingerprint density at radius 2 is 2.07 bits per heavy atom. The average molecular weight is 216 g/mol. The number of hydrogen-bond acceptors (Lipinski definition) is 3. The van der Waals surface area contributed by atoms with Crippen LogP contribution in [0, 0.1) is 0 Å². The van der Waals surface area contributed by atoms with Crippen LogP contribution < -0.4 is 5.32 Å². The van der Waals surface area contributed by atoms with E-state index in [1.807, 2.05) is 13.2 Å². The molecule has 0 radical (unpaired) electrons. The lowest BCUT2D eigenvalue weighted by molar-refractivity contribution is -0.121. The van der Waals surface area contributed by atoms with Crippen LogP contribution in [0.25, 0.3) is 0 Å². The third kappa shape index (κ3) is 3.50. The highest BCUT2D eigenvalue weighted by Gasteiger charge is 2.20. The normalized spacial score (nSPS) is 21.9. The van der Waals surface area contributed by atoms with Gasteiger partial charge in [0.25, 0.3) is 0 Å². The van der Waals surface area contributed by atoms with Gasteiger partial charge < -0.3 is 10.2 Å². The molecule has 14 heavy (non-hydrogen) atoms. The number of thioether (sulfide) groups is 1. The van der Waals surface area contributed by atoms with E-state index in [1.54, 1.807) is 11.8 Å². The van der Waals surface area contributed by atoms with Crippen LogP contribution in [-0.2, 0) is 4.79 Å². The zero-order chi connectivity index (χ0) is 10.6. The Kier molecular flexibility index (Phi) is 4.75. The van der Waals surface area contributed by atoms with Crippen LogP contribution in [0.3, 0.4) is 0 Å². The molecule has 0 bridgehead atoms. The lowest BCUT2D eigenvalue weighted by Crippen LogP contribution is -2.45. The molecule has 0 aromatic heterocycles. The molecule has 1 saturated heterocycles. The zero-order valence-corrected chi connectivity index (χ0v) is 10.1. The molecular weight excluding hydrogens is 196 g/mol. The number of likely N-dealkylation sites (tertiary alicyclic amines) is 1. The summed E-state index contributed by atoms with van der Waals surface area (Å²) in [5, 5.41) is 3.18. The molecule has 1 atom stereocenters. The molecule has 0 unspecified atom stereocenters. The summed E-state index contributed by atoms with van der Waals surface area (Å²) >= 11 is 1.60. The van der Waals surface area contributed by atoms with Crippen LogP contribution in [0.1, 0.15) is 19.8 Å². The van der Waals surface area contributed by atoms with E-state index >= 15 is 0 Å². The SMILES string of the molecule is CS[C@@H](C)C(=O)NC1CCN(C)CC1. The predicted octanol–water partition coefficient (Wildman–Crippen LogP) is 0.948. The second-order valence-corrected chi connectivity index (χ2v) is 5.14. The number of carbonyl (C=O) groups is 1. The van der Waals surface area contributed by atoms with Gasteiger partial charge in [-0.05, 0) is 46.2 Å². The van der Waals surface area contributed by atoms with E-state index in [1.165, 1.54) is 0 Å². The fraction of sp³-hybridized carbons (Fsp3) is 0.900. The predicted molar refractivity (Wildman–Crippen MR) is 61.6 cm³/mol. The van der Waals surface area contributed by atoms with E-state index in [-0.39, 0.29) is 11.2 Å². The van der Waals surface area contributed by atoms with Gasteiger partial charge in [-0.15, -0.1) is 0 Å². The van der Waals surface area contributed by atoms with Crippen molar-refractivity contribution in [2.24, 2.45) is 0 Å². The van der Waals surface area contributed by atoms with Crippen molar-refractivity contribution < 1.29 is 4.79 Å².